The highest BCUT2D eigenvalue weighted by Gasteiger charge is 2.31. The number of nitrogens with one attached hydrogen (secondary N) is 2. The van der Waals surface area contributed by atoms with Gasteiger partial charge in [0.1, 0.15) is 0 Å². The van der Waals surface area contributed by atoms with Gasteiger partial charge in [-0.05, 0) is 95.8 Å². The first-order chi connectivity index (χ1) is 29.8. The number of hydrogen-bond donors (Lipinski definition) is 2. The lowest BCUT2D eigenvalue weighted by Crippen LogP contribution is -2.14. The summed E-state index contributed by atoms with van der Waals surface area (Å²) in [7, 11) is 0. The summed E-state index contributed by atoms with van der Waals surface area (Å²) in [6.07, 6.45) is 3.05. The van der Waals surface area contributed by atoms with Gasteiger partial charge >= 0.3 is 24.3 Å². The third-order valence-corrected chi connectivity index (χ3v) is 10.5. The first kappa shape index (κ1) is 47.3. The predicted molar refractivity (Wildman–Crippen MR) is 234 cm³/mol. The van der Waals surface area contributed by atoms with Gasteiger partial charge < -0.3 is 20.1 Å². The van der Waals surface area contributed by atoms with Gasteiger partial charge in [-0.15, -0.1) is 0 Å². The van der Waals surface area contributed by atoms with E-state index < -0.39 is 35.4 Å². The molecule has 0 aliphatic carbocycles. The molecule has 0 saturated carbocycles. The standard InChI is InChI=1S/C50H54F6N2O4/c1-3-5-7-9-11-13-31-61-47(59)43-33-46(58-42-29-21-38(22-30-42)36-17-25-40(26-18-36)50(54,55)56)44(48(60)62-32-14-12-10-8-6-4-2)34-45(43)57-41-27-19-37(20-28-41)35-15-23-39(24-16-35)49(51,52)53/h15-30,33-34,57-58H,3-14,31-32H2,1-2H3. The van der Waals surface area contributed by atoms with E-state index in [0.29, 0.717) is 46.5 Å². The molecule has 2 N–H and O–H groups in total. The average Bonchev–Trinajstić information content (AvgIpc) is 3.26. The number of halogens is 6. The monoisotopic (exact) mass is 860 g/mol. The van der Waals surface area contributed by atoms with E-state index in [-0.39, 0.29) is 35.7 Å². The van der Waals surface area contributed by atoms with E-state index in [1.54, 1.807) is 48.5 Å². The van der Waals surface area contributed by atoms with Crippen LogP contribution in [0.15, 0.2) is 109 Å². The molecule has 0 atom stereocenters. The molecule has 0 aliphatic rings. The van der Waals surface area contributed by atoms with E-state index in [0.717, 1.165) is 88.5 Å². The molecule has 62 heavy (non-hydrogen) atoms. The maximum Gasteiger partial charge on any atom is 0.416 e. The number of hydrogen-bond acceptors (Lipinski definition) is 6. The molecule has 0 unspecified atom stereocenters. The van der Waals surface area contributed by atoms with Crippen LogP contribution in [0.4, 0.5) is 49.1 Å². The zero-order chi connectivity index (χ0) is 44.5. The Kier molecular flexibility index (Phi) is 17.4. The summed E-state index contributed by atoms with van der Waals surface area (Å²) in [4.78, 5) is 27.7. The van der Waals surface area contributed by atoms with Gasteiger partial charge in [0, 0.05) is 11.4 Å². The van der Waals surface area contributed by atoms with E-state index in [1.807, 2.05) is 0 Å². The van der Waals surface area contributed by atoms with Gasteiger partial charge in [-0.2, -0.15) is 26.3 Å². The number of unbranched alkanes of at least 4 members (excludes halogenated alkanes) is 10. The molecule has 12 heteroatoms. The number of rotatable bonds is 22. The first-order valence-corrected chi connectivity index (χ1v) is 21.4. The molecule has 0 amide bonds. The average molecular weight is 861 g/mol. The van der Waals surface area contributed by atoms with Crippen LogP contribution < -0.4 is 10.6 Å². The van der Waals surface area contributed by atoms with Crippen molar-refractivity contribution in [1.29, 1.82) is 0 Å². The highest BCUT2D eigenvalue weighted by atomic mass is 19.4. The summed E-state index contributed by atoms with van der Waals surface area (Å²) in [6.45, 7) is 4.68. The molecule has 0 spiro atoms. The Balaban J connectivity index is 1.45. The molecule has 0 aliphatic heterocycles. The quantitative estimate of drug-likeness (QED) is 0.0410. The summed E-state index contributed by atoms with van der Waals surface area (Å²) in [5.41, 5.74) is 2.92. The molecule has 0 fully saturated rings. The molecule has 0 aromatic heterocycles. The minimum Gasteiger partial charge on any atom is -0.462 e. The van der Waals surface area contributed by atoms with Gasteiger partial charge in [-0.3, -0.25) is 0 Å². The Morgan fingerprint density at radius 3 is 1.03 bits per heavy atom. The second-order valence-electron chi connectivity index (χ2n) is 15.3. The SMILES string of the molecule is CCCCCCCCOC(=O)c1cc(Nc2ccc(-c3ccc(C(F)(F)F)cc3)cc2)c(C(=O)OCCCCCCCC)cc1Nc1ccc(-c2ccc(C(F)(F)F)cc2)cc1. The molecule has 5 aromatic carbocycles. The fraction of sp³-hybridized carbons (Fsp3) is 0.360. The fourth-order valence-electron chi connectivity index (χ4n) is 6.90. The van der Waals surface area contributed by atoms with Crippen molar-refractivity contribution in [3.05, 3.63) is 131 Å². The molecule has 5 aromatic rings. The van der Waals surface area contributed by atoms with Crippen molar-refractivity contribution in [2.24, 2.45) is 0 Å². The van der Waals surface area contributed by atoms with Gasteiger partial charge in [0.25, 0.3) is 0 Å². The molecule has 0 saturated heterocycles. The van der Waals surface area contributed by atoms with Crippen molar-refractivity contribution in [3.63, 3.8) is 0 Å². The maximum absolute atomic E-state index is 13.9. The van der Waals surface area contributed by atoms with Crippen LogP contribution in [-0.2, 0) is 21.8 Å². The van der Waals surface area contributed by atoms with E-state index in [9.17, 15) is 35.9 Å². The van der Waals surface area contributed by atoms with Crippen molar-refractivity contribution in [3.8, 4) is 22.3 Å². The fourth-order valence-corrected chi connectivity index (χ4v) is 6.90. The minimum atomic E-state index is -4.45. The van der Waals surface area contributed by atoms with Crippen LogP contribution in [0.25, 0.3) is 22.3 Å². The summed E-state index contributed by atoms with van der Waals surface area (Å²) in [5, 5.41) is 6.50. The normalized spacial score (nSPS) is 11.6. The molecule has 0 bridgehead atoms. The van der Waals surface area contributed by atoms with Gasteiger partial charge in [-0.25, -0.2) is 9.59 Å². The lowest BCUT2D eigenvalue weighted by molar-refractivity contribution is -0.138. The van der Waals surface area contributed by atoms with Crippen LogP contribution in [0.2, 0.25) is 0 Å². The van der Waals surface area contributed by atoms with Crippen molar-refractivity contribution in [2.45, 2.75) is 103 Å². The van der Waals surface area contributed by atoms with E-state index in [2.05, 4.69) is 24.5 Å². The number of esters is 2. The molecule has 6 nitrogen and oxygen atoms in total. The predicted octanol–water partition coefficient (Wildman–Crippen LogP) is 15.6. The summed E-state index contributed by atoms with van der Waals surface area (Å²) < 4.78 is 90.5. The van der Waals surface area contributed by atoms with Crippen molar-refractivity contribution in [1.82, 2.24) is 0 Å². The van der Waals surface area contributed by atoms with Gasteiger partial charge in [-0.1, -0.05) is 127 Å². The zero-order valence-electron chi connectivity index (χ0n) is 35.2. The van der Waals surface area contributed by atoms with E-state index >= 15 is 0 Å². The molecular formula is C50H54F6N2O4. The topological polar surface area (TPSA) is 76.7 Å². The number of alkyl halides is 6. The van der Waals surface area contributed by atoms with Crippen LogP contribution in [-0.4, -0.2) is 25.2 Å². The molecular weight excluding hydrogens is 807 g/mol. The number of carbonyl (C=O) groups excluding carboxylic acids is 2. The Bertz CT molecular complexity index is 2010. The number of anilines is 4. The lowest BCUT2D eigenvalue weighted by Gasteiger charge is -2.18. The Labute approximate surface area is 360 Å². The Morgan fingerprint density at radius 2 is 0.726 bits per heavy atom. The second kappa shape index (κ2) is 22.9. The number of ether oxygens (including phenoxy) is 2. The van der Waals surface area contributed by atoms with E-state index in [4.69, 9.17) is 9.47 Å². The maximum atomic E-state index is 13.9. The molecule has 330 valence electrons. The zero-order valence-corrected chi connectivity index (χ0v) is 35.2. The molecule has 5 rings (SSSR count). The highest BCUT2D eigenvalue weighted by Crippen LogP contribution is 2.35. The van der Waals surface area contributed by atoms with Crippen molar-refractivity contribution >= 4 is 34.7 Å². The minimum absolute atomic E-state index is 0.138. The summed E-state index contributed by atoms with van der Waals surface area (Å²) in [5.74, 6) is -1.23. The van der Waals surface area contributed by atoms with Crippen LogP contribution >= 0.6 is 0 Å². The number of benzene rings is 5. The van der Waals surface area contributed by atoms with Crippen molar-refractivity contribution in [2.75, 3.05) is 23.8 Å². The Hall–Kier alpha value is -5.78. The summed E-state index contributed by atoms with van der Waals surface area (Å²) >= 11 is 0. The second-order valence-corrected chi connectivity index (χ2v) is 15.3. The van der Waals surface area contributed by atoms with Crippen LogP contribution in [0.1, 0.15) is 123 Å². The summed E-state index contributed by atoms with van der Waals surface area (Å²) in [6, 6.07) is 26.6. The third-order valence-electron chi connectivity index (χ3n) is 10.5. The van der Waals surface area contributed by atoms with Gasteiger partial charge in [0.2, 0.25) is 0 Å². The van der Waals surface area contributed by atoms with Crippen LogP contribution in [0, 0.1) is 0 Å². The third kappa shape index (κ3) is 14.1. The van der Waals surface area contributed by atoms with Crippen molar-refractivity contribution < 1.29 is 45.4 Å². The number of carbonyl (C=O) groups is 2. The van der Waals surface area contributed by atoms with E-state index in [1.165, 1.54) is 36.4 Å². The highest BCUT2D eigenvalue weighted by molar-refractivity contribution is 6.04. The smallest absolute Gasteiger partial charge is 0.416 e. The largest absolute Gasteiger partial charge is 0.462 e. The van der Waals surface area contributed by atoms with Gasteiger partial charge in [0.15, 0.2) is 0 Å². The molecule has 0 heterocycles. The van der Waals surface area contributed by atoms with Crippen LogP contribution in [0.5, 0.6) is 0 Å². The lowest BCUT2D eigenvalue weighted by atomic mass is 10.0. The molecule has 0 radical (unpaired) electrons. The Morgan fingerprint density at radius 1 is 0.435 bits per heavy atom. The van der Waals surface area contributed by atoms with Gasteiger partial charge in [0.05, 0.1) is 46.8 Å². The van der Waals surface area contributed by atoms with Crippen LogP contribution in [0.3, 0.4) is 0 Å². The first-order valence-electron chi connectivity index (χ1n) is 21.4.